The first-order valence-corrected chi connectivity index (χ1v) is 7.68. The van der Waals surface area contributed by atoms with Crippen LogP contribution < -0.4 is 0 Å². The fraction of sp³-hybridized carbons (Fsp3) is 0.529. The van der Waals surface area contributed by atoms with E-state index in [9.17, 15) is 4.39 Å². The third-order valence-electron chi connectivity index (χ3n) is 4.43. The molecular formula is C17H23FN2O. The third-order valence-corrected chi connectivity index (χ3v) is 4.43. The summed E-state index contributed by atoms with van der Waals surface area (Å²) in [6.07, 6.45) is 3.27. The van der Waals surface area contributed by atoms with Crippen LogP contribution in [0, 0.1) is 5.82 Å². The number of ether oxygens (including phenoxy) is 1. The molecule has 114 valence electrons. The highest BCUT2D eigenvalue weighted by Crippen LogP contribution is 2.25. The number of benzene rings is 1. The predicted octanol–water partition coefficient (Wildman–Crippen LogP) is 2.29. The van der Waals surface area contributed by atoms with Crippen LogP contribution in [0.25, 0.3) is 0 Å². The first-order valence-electron chi connectivity index (χ1n) is 7.68. The van der Waals surface area contributed by atoms with E-state index in [0.29, 0.717) is 18.8 Å². The number of hydrogen-bond acceptors (Lipinski definition) is 3. The van der Waals surface area contributed by atoms with Gasteiger partial charge in [-0.25, -0.2) is 4.39 Å². The van der Waals surface area contributed by atoms with E-state index in [2.05, 4.69) is 16.4 Å². The van der Waals surface area contributed by atoms with Crippen molar-refractivity contribution in [1.29, 1.82) is 0 Å². The lowest BCUT2D eigenvalue weighted by Gasteiger charge is -2.37. The quantitative estimate of drug-likeness (QED) is 0.774. The highest BCUT2D eigenvalue weighted by molar-refractivity contribution is 5.16. The average Bonchev–Trinajstić information content (AvgIpc) is 2.89. The van der Waals surface area contributed by atoms with Crippen molar-refractivity contribution >= 4 is 0 Å². The Hall–Kier alpha value is -1.23. The molecule has 0 unspecified atom stereocenters. The van der Waals surface area contributed by atoms with Crippen LogP contribution >= 0.6 is 0 Å². The van der Waals surface area contributed by atoms with Crippen LogP contribution in [0.5, 0.6) is 0 Å². The summed E-state index contributed by atoms with van der Waals surface area (Å²) < 4.78 is 18.7. The molecule has 0 aliphatic carbocycles. The van der Waals surface area contributed by atoms with Crippen LogP contribution in [-0.4, -0.2) is 54.7 Å². The van der Waals surface area contributed by atoms with Crippen molar-refractivity contribution in [2.45, 2.75) is 25.1 Å². The Kier molecular flexibility index (Phi) is 4.68. The first-order chi connectivity index (χ1) is 10.2. The fourth-order valence-corrected chi connectivity index (χ4v) is 3.38. The normalized spacial score (nSPS) is 26.7. The van der Waals surface area contributed by atoms with Gasteiger partial charge in [0.1, 0.15) is 5.82 Å². The molecule has 0 saturated carbocycles. The first kappa shape index (κ1) is 14.7. The van der Waals surface area contributed by atoms with Crippen molar-refractivity contribution in [2.75, 3.05) is 32.8 Å². The molecule has 2 aliphatic heterocycles. The number of hydrogen-bond donors (Lipinski definition) is 0. The molecule has 0 N–H and O–H groups in total. The van der Waals surface area contributed by atoms with Crippen molar-refractivity contribution in [3.63, 3.8) is 0 Å². The van der Waals surface area contributed by atoms with E-state index < -0.39 is 0 Å². The Balaban J connectivity index is 1.52. The smallest absolute Gasteiger partial charge is 0.123 e. The Bertz CT molecular complexity index is 476. The van der Waals surface area contributed by atoms with Gasteiger partial charge in [-0.2, -0.15) is 0 Å². The summed E-state index contributed by atoms with van der Waals surface area (Å²) in [6, 6.07) is 7.44. The molecule has 2 atom stereocenters. The lowest BCUT2D eigenvalue weighted by molar-refractivity contribution is 0.0758. The maximum Gasteiger partial charge on any atom is 0.123 e. The van der Waals surface area contributed by atoms with Crippen LogP contribution in [0.2, 0.25) is 0 Å². The molecule has 21 heavy (non-hydrogen) atoms. The van der Waals surface area contributed by atoms with E-state index in [0.717, 1.165) is 39.1 Å². The molecule has 4 heteroatoms. The van der Waals surface area contributed by atoms with Crippen molar-refractivity contribution in [3.8, 4) is 0 Å². The zero-order valence-corrected chi connectivity index (χ0v) is 12.4. The van der Waals surface area contributed by atoms with Crippen LogP contribution in [-0.2, 0) is 11.3 Å². The molecule has 0 aromatic heterocycles. The van der Waals surface area contributed by atoms with Crippen LogP contribution in [0.4, 0.5) is 4.39 Å². The highest BCUT2D eigenvalue weighted by Gasteiger charge is 2.36. The molecule has 3 rings (SSSR count). The number of piperazine rings is 1. The summed E-state index contributed by atoms with van der Waals surface area (Å²) in [5, 5.41) is 0. The molecule has 3 nitrogen and oxygen atoms in total. The summed E-state index contributed by atoms with van der Waals surface area (Å²) in [6.45, 7) is 9.54. The number of nitrogens with zero attached hydrogens (tertiary/aromatic N) is 2. The van der Waals surface area contributed by atoms with Gasteiger partial charge in [-0.05, 0) is 24.1 Å². The molecule has 0 radical (unpaired) electrons. The van der Waals surface area contributed by atoms with Gasteiger partial charge < -0.3 is 4.74 Å². The second-order valence-electron chi connectivity index (χ2n) is 5.99. The Labute approximate surface area is 126 Å². The molecular weight excluding hydrogens is 267 g/mol. The van der Waals surface area contributed by atoms with E-state index in [1.54, 1.807) is 12.1 Å². The topological polar surface area (TPSA) is 15.7 Å². The zero-order valence-electron chi connectivity index (χ0n) is 12.4. The molecule has 0 bridgehead atoms. The molecule has 2 heterocycles. The number of rotatable bonds is 5. The van der Waals surface area contributed by atoms with Crippen LogP contribution in [0.3, 0.4) is 0 Å². The minimum atomic E-state index is -0.165. The van der Waals surface area contributed by atoms with Crippen molar-refractivity contribution in [1.82, 2.24) is 9.80 Å². The molecule has 1 aromatic carbocycles. The molecule has 0 amide bonds. The molecule has 2 saturated heterocycles. The van der Waals surface area contributed by atoms with Gasteiger partial charge in [-0.15, -0.1) is 6.58 Å². The maximum absolute atomic E-state index is 12.9. The lowest BCUT2D eigenvalue weighted by Crippen LogP contribution is -2.49. The van der Waals surface area contributed by atoms with Gasteiger partial charge in [0.15, 0.2) is 0 Å². The van der Waals surface area contributed by atoms with Gasteiger partial charge in [0, 0.05) is 38.8 Å². The van der Waals surface area contributed by atoms with Gasteiger partial charge in [0.25, 0.3) is 0 Å². The maximum atomic E-state index is 12.9. The Morgan fingerprint density at radius 3 is 2.81 bits per heavy atom. The SMILES string of the molecule is C=CCO[C@H]1C[C@H]2CN(Cc3ccc(F)cc3)CCN2C1. The van der Waals surface area contributed by atoms with Crippen molar-refractivity contribution in [2.24, 2.45) is 0 Å². The third kappa shape index (κ3) is 3.70. The fourth-order valence-electron chi connectivity index (χ4n) is 3.38. The van der Waals surface area contributed by atoms with Crippen molar-refractivity contribution in [3.05, 3.63) is 48.3 Å². The predicted molar refractivity (Wildman–Crippen MR) is 81.6 cm³/mol. The second kappa shape index (κ2) is 6.69. The largest absolute Gasteiger partial charge is 0.373 e. The van der Waals surface area contributed by atoms with E-state index in [-0.39, 0.29) is 5.82 Å². The minimum absolute atomic E-state index is 0.165. The van der Waals surface area contributed by atoms with Crippen LogP contribution in [0.1, 0.15) is 12.0 Å². The van der Waals surface area contributed by atoms with Crippen LogP contribution in [0.15, 0.2) is 36.9 Å². The number of fused-ring (bicyclic) bond motifs is 1. The molecule has 2 fully saturated rings. The zero-order chi connectivity index (χ0) is 14.7. The van der Waals surface area contributed by atoms with Gasteiger partial charge >= 0.3 is 0 Å². The van der Waals surface area contributed by atoms with Gasteiger partial charge in [-0.1, -0.05) is 18.2 Å². The average molecular weight is 290 g/mol. The standard InChI is InChI=1S/C17H23FN2O/c1-2-9-21-17-10-16-12-19(7-8-20(16)13-17)11-14-3-5-15(18)6-4-14/h2-6,16-17H,1,7-13H2/t16-,17-/m0/s1. The monoisotopic (exact) mass is 290 g/mol. The van der Waals surface area contributed by atoms with E-state index in [1.807, 2.05) is 18.2 Å². The van der Waals surface area contributed by atoms with Crippen molar-refractivity contribution < 1.29 is 9.13 Å². The van der Waals surface area contributed by atoms with Gasteiger partial charge in [0.2, 0.25) is 0 Å². The molecule has 2 aliphatic rings. The van der Waals surface area contributed by atoms with E-state index in [1.165, 1.54) is 5.56 Å². The minimum Gasteiger partial charge on any atom is -0.373 e. The summed E-state index contributed by atoms with van der Waals surface area (Å²) >= 11 is 0. The van der Waals surface area contributed by atoms with E-state index in [4.69, 9.17) is 4.74 Å². The Morgan fingerprint density at radius 1 is 1.24 bits per heavy atom. The van der Waals surface area contributed by atoms with E-state index >= 15 is 0 Å². The lowest BCUT2D eigenvalue weighted by atomic mass is 10.1. The molecule has 1 aromatic rings. The summed E-state index contributed by atoms with van der Waals surface area (Å²) in [7, 11) is 0. The van der Waals surface area contributed by atoms with Gasteiger partial charge in [-0.3, -0.25) is 9.80 Å². The Morgan fingerprint density at radius 2 is 2.05 bits per heavy atom. The molecule has 0 spiro atoms. The second-order valence-corrected chi connectivity index (χ2v) is 5.99. The summed E-state index contributed by atoms with van der Waals surface area (Å²) in [5.41, 5.74) is 1.18. The summed E-state index contributed by atoms with van der Waals surface area (Å²) in [5.74, 6) is -0.165. The summed E-state index contributed by atoms with van der Waals surface area (Å²) in [4.78, 5) is 5.00. The highest BCUT2D eigenvalue weighted by atomic mass is 19.1. The number of halogens is 1. The van der Waals surface area contributed by atoms with Gasteiger partial charge in [0.05, 0.1) is 12.7 Å².